The predicted molar refractivity (Wildman–Crippen MR) is 84.2 cm³/mol. The maximum absolute atomic E-state index is 12.4. The van der Waals surface area contributed by atoms with Crippen LogP contribution < -0.4 is 5.32 Å². The van der Waals surface area contributed by atoms with Crippen LogP contribution in [0.3, 0.4) is 0 Å². The van der Waals surface area contributed by atoms with Gasteiger partial charge < -0.3 is 15.0 Å². The molecular formula is C17H23N3O2. The van der Waals surface area contributed by atoms with E-state index in [0.717, 1.165) is 12.0 Å². The van der Waals surface area contributed by atoms with Gasteiger partial charge in [-0.1, -0.05) is 26.0 Å². The van der Waals surface area contributed by atoms with Crippen molar-refractivity contribution in [1.29, 1.82) is 5.26 Å². The Morgan fingerprint density at radius 2 is 2.36 bits per heavy atom. The summed E-state index contributed by atoms with van der Waals surface area (Å²) in [6, 6.07) is 9.48. The lowest BCUT2D eigenvalue weighted by Gasteiger charge is -2.36. The smallest absolute Gasteiger partial charge is 0.318 e. The number of nitriles is 1. The molecule has 0 aromatic heterocycles. The highest BCUT2D eigenvalue weighted by atomic mass is 16.5. The second kappa shape index (κ2) is 7.81. The molecule has 0 aliphatic carbocycles. The highest BCUT2D eigenvalue weighted by molar-refractivity contribution is 5.74. The highest BCUT2D eigenvalue weighted by Crippen LogP contribution is 2.16. The van der Waals surface area contributed by atoms with Gasteiger partial charge in [0.2, 0.25) is 0 Å². The van der Waals surface area contributed by atoms with Gasteiger partial charge in [-0.2, -0.15) is 5.26 Å². The molecule has 1 N–H and O–H groups in total. The van der Waals surface area contributed by atoms with Gasteiger partial charge in [0.1, 0.15) is 0 Å². The standard InChI is InChI=1S/C17H23N3O2/c1-13(2)8-16-12-22-7-6-20(16)17(21)19-11-15-5-3-4-14(9-15)10-18/h3-5,9,13,16H,6-8,11-12H2,1-2H3,(H,19,21)/t16-/m1/s1. The summed E-state index contributed by atoms with van der Waals surface area (Å²) in [5.41, 5.74) is 1.54. The number of hydrogen-bond acceptors (Lipinski definition) is 3. The maximum Gasteiger partial charge on any atom is 0.318 e. The molecule has 0 spiro atoms. The molecule has 1 fully saturated rings. The lowest BCUT2D eigenvalue weighted by Crippen LogP contribution is -2.52. The number of rotatable bonds is 4. The van der Waals surface area contributed by atoms with Crippen LogP contribution >= 0.6 is 0 Å². The summed E-state index contributed by atoms with van der Waals surface area (Å²) in [6.45, 7) is 6.55. The number of ether oxygens (including phenoxy) is 1. The zero-order chi connectivity index (χ0) is 15.9. The van der Waals surface area contributed by atoms with Gasteiger partial charge in [-0.25, -0.2) is 4.79 Å². The van der Waals surface area contributed by atoms with Crippen molar-refractivity contribution >= 4 is 6.03 Å². The van der Waals surface area contributed by atoms with Crippen LogP contribution in [-0.2, 0) is 11.3 Å². The van der Waals surface area contributed by atoms with Crippen LogP contribution in [0.5, 0.6) is 0 Å². The van der Waals surface area contributed by atoms with E-state index in [4.69, 9.17) is 10.00 Å². The predicted octanol–water partition coefficient (Wildman–Crippen LogP) is 2.51. The quantitative estimate of drug-likeness (QED) is 0.929. The molecule has 2 amide bonds. The SMILES string of the molecule is CC(C)C[C@@H]1COCCN1C(=O)NCc1cccc(C#N)c1. The van der Waals surface area contributed by atoms with Crippen LogP contribution in [0.1, 0.15) is 31.4 Å². The highest BCUT2D eigenvalue weighted by Gasteiger charge is 2.27. The lowest BCUT2D eigenvalue weighted by molar-refractivity contribution is 0.00551. The molecule has 1 heterocycles. The largest absolute Gasteiger partial charge is 0.377 e. The van der Waals surface area contributed by atoms with Crippen molar-refractivity contribution in [2.45, 2.75) is 32.9 Å². The third kappa shape index (κ3) is 4.47. The molecule has 118 valence electrons. The summed E-state index contributed by atoms with van der Waals surface area (Å²) in [5.74, 6) is 0.523. The van der Waals surface area contributed by atoms with Crippen LogP contribution in [0.4, 0.5) is 4.79 Å². The minimum absolute atomic E-state index is 0.0590. The fraction of sp³-hybridized carbons (Fsp3) is 0.529. The van der Waals surface area contributed by atoms with E-state index in [9.17, 15) is 4.79 Å². The van der Waals surface area contributed by atoms with Gasteiger partial charge in [0.15, 0.2) is 0 Å². The Morgan fingerprint density at radius 3 is 3.09 bits per heavy atom. The van der Waals surface area contributed by atoms with Crippen LogP contribution in [0.2, 0.25) is 0 Å². The first-order valence-electron chi connectivity index (χ1n) is 7.71. The van der Waals surface area contributed by atoms with Crippen molar-refractivity contribution in [1.82, 2.24) is 10.2 Å². The number of urea groups is 1. The molecule has 5 nitrogen and oxygen atoms in total. The second-order valence-electron chi connectivity index (χ2n) is 6.02. The number of nitrogens with one attached hydrogen (secondary N) is 1. The summed E-state index contributed by atoms with van der Waals surface area (Å²) < 4.78 is 5.50. The number of nitrogens with zero attached hydrogens (tertiary/aromatic N) is 2. The van der Waals surface area contributed by atoms with Crippen LogP contribution in [0, 0.1) is 17.2 Å². The number of carbonyl (C=O) groups excluding carboxylic acids is 1. The molecule has 0 radical (unpaired) electrons. The van der Waals surface area contributed by atoms with Crippen LogP contribution in [0.25, 0.3) is 0 Å². The minimum Gasteiger partial charge on any atom is -0.377 e. The van der Waals surface area contributed by atoms with Gasteiger partial charge in [-0.05, 0) is 30.0 Å². The van der Waals surface area contributed by atoms with Crippen molar-refractivity contribution in [3.8, 4) is 6.07 Å². The van der Waals surface area contributed by atoms with E-state index in [0.29, 0.717) is 37.8 Å². The monoisotopic (exact) mass is 301 g/mol. The first kappa shape index (κ1) is 16.3. The molecule has 5 heteroatoms. The average Bonchev–Trinajstić information content (AvgIpc) is 2.53. The molecule has 1 aliphatic heterocycles. The van der Waals surface area contributed by atoms with Gasteiger partial charge in [-0.3, -0.25) is 0 Å². The normalized spacial score (nSPS) is 18.1. The molecule has 1 atom stereocenters. The number of benzene rings is 1. The molecule has 0 unspecified atom stereocenters. The van der Waals surface area contributed by atoms with Crippen molar-refractivity contribution in [3.63, 3.8) is 0 Å². The first-order chi connectivity index (χ1) is 10.6. The van der Waals surface area contributed by atoms with Crippen molar-refractivity contribution in [2.75, 3.05) is 19.8 Å². The Kier molecular flexibility index (Phi) is 5.79. The van der Waals surface area contributed by atoms with Gasteiger partial charge in [0.25, 0.3) is 0 Å². The van der Waals surface area contributed by atoms with E-state index in [2.05, 4.69) is 25.2 Å². The zero-order valence-corrected chi connectivity index (χ0v) is 13.2. The lowest BCUT2D eigenvalue weighted by atomic mass is 10.0. The van der Waals surface area contributed by atoms with E-state index in [1.54, 1.807) is 12.1 Å². The molecule has 0 bridgehead atoms. The Hall–Kier alpha value is -2.06. The summed E-state index contributed by atoms with van der Waals surface area (Å²) in [5, 5.41) is 11.8. The molecule has 1 saturated heterocycles. The number of carbonyl (C=O) groups is 1. The third-order valence-electron chi connectivity index (χ3n) is 3.73. The molecule has 1 aliphatic rings. The Bertz CT molecular complexity index is 551. The first-order valence-corrected chi connectivity index (χ1v) is 7.71. The van der Waals surface area contributed by atoms with E-state index >= 15 is 0 Å². The minimum atomic E-state index is -0.0590. The Labute approximate surface area is 131 Å². The Balaban J connectivity index is 1.93. The summed E-state index contributed by atoms with van der Waals surface area (Å²) >= 11 is 0. The molecule has 1 aromatic carbocycles. The van der Waals surface area contributed by atoms with Crippen molar-refractivity contribution < 1.29 is 9.53 Å². The van der Waals surface area contributed by atoms with Gasteiger partial charge in [-0.15, -0.1) is 0 Å². The topological polar surface area (TPSA) is 65.4 Å². The summed E-state index contributed by atoms with van der Waals surface area (Å²) in [6.07, 6.45) is 0.942. The van der Waals surface area contributed by atoms with Crippen LogP contribution in [0.15, 0.2) is 24.3 Å². The molecule has 22 heavy (non-hydrogen) atoms. The molecule has 2 rings (SSSR count). The van der Waals surface area contributed by atoms with E-state index in [1.807, 2.05) is 17.0 Å². The zero-order valence-electron chi connectivity index (χ0n) is 13.2. The maximum atomic E-state index is 12.4. The van der Waals surface area contributed by atoms with Crippen LogP contribution in [-0.4, -0.2) is 36.7 Å². The number of morpholine rings is 1. The van der Waals surface area contributed by atoms with E-state index in [-0.39, 0.29) is 12.1 Å². The number of amides is 2. The van der Waals surface area contributed by atoms with Crippen molar-refractivity contribution in [3.05, 3.63) is 35.4 Å². The fourth-order valence-electron chi connectivity index (χ4n) is 2.69. The number of hydrogen-bond donors (Lipinski definition) is 1. The summed E-state index contributed by atoms with van der Waals surface area (Å²) in [7, 11) is 0. The van der Waals surface area contributed by atoms with Gasteiger partial charge in [0.05, 0.1) is 30.9 Å². The molecular weight excluding hydrogens is 278 g/mol. The molecule has 1 aromatic rings. The fourth-order valence-corrected chi connectivity index (χ4v) is 2.69. The van der Waals surface area contributed by atoms with Gasteiger partial charge >= 0.3 is 6.03 Å². The average molecular weight is 301 g/mol. The summed E-state index contributed by atoms with van der Waals surface area (Å²) in [4.78, 5) is 14.3. The second-order valence-corrected chi connectivity index (χ2v) is 6.02. The van der Waals surface area contributed by atoms with E-state index < -0.39 is 0 Å². The Morgan fingerprint density at radius 1 is 1.55 bits per heavy atom. The van der Waals surface area contributed by atoms with E-state index in [1.165, 1.54) is 0 Å². The third-order valence-corrected chi connectivity index (χ3v) is 3.73. The van der Waals surface area contributed by atoms with Gasteiger partial charge in [0, 0.05) is 13.1 Å². The molecule has 0 saturated carbocycles. The van der Waals surface area contributed by atoms with Crippen molar-refractivity contribution in [2.24, 2.45) is 5.92 Å².